The van der Waals surface area contributed by atoms with E-state index in [0.717, 1.165) is 6.42 Å². The van der Waals surface area contributed by atoms with Crippen molar-refractivity contribution >= 4 is 11.6 Å². The van der Waals surface area contributed by atoms with Crippen LogP contribution in [0.15, 0.2) is 60.7 Å². The van der Waals surface area contributed by atoms with E-state index in [1.165, 1.54) is 11.1 Å². The van der Waals surface area contributed by atoms with E-state index >= 15 is 0 Å². The zero-order valence-electron chi connectivity index (χ0n) is 8.80. The molecule has 0 aromatic heterocycles. The van der Waals surface area contributed by atoms with E-state index in [-0.39, 0.29) is 0 Å². The predicted octanol–water partition coefficient (Wildman–Crippen LogP) is 2.07. The summed E-state index contributed by atoms with van der Waals surface area (Å²) in [6, 6.07) is 21.1. The van der Waals surface area contributed by atoms with Crippen LogP contribution in [0.25, 0.3) is 0 Å². The highest BCUT2D eigenvalue weighted by Crippen LogP contribution is 2.07. The van der Waals surface area contributed by atoms with E-state index in [1.54, 1.807) is 0 Å². The number of benzene rings is 2. The molecule has 0 fully saturated rings. The number of rotatable bonds is 2. The summed E-state index contributed by atoms with van der Waals surface area (Å²) < 4.78 is 16.8. The van der Waals surface area contributed by atoms with Gasteiger partial charge in [-0.05, 0) is 17.5 Å². The molecule has 0 amide bonds. The molecule has 2 aromatic carbocycles. The third kappa shape index (κ3) is 4.75. The molecule has 2 nitrogen and oxygen atoms in total. The fraction of sp³-hybridized carbons (Fsp3) is 0.0769. The second kappa shape index (κ2) is 7.65. The van der Waals surface area contributed by atoms with Crippen molar-refractivity contribution in [3.63, 3.8) is 0 Å². The van der Waals surface area contributed by atoms with Gasteiger partial charge in [-0.15, -0.1) is 0 Å². The van der Waals surface area contributed by atoms with Gasteiger partial charge in [-0.25, -0.2) is 8.42 Å². The van der Waals surface area contributed by atoms with Gasteiger partial charge in [0.05, 0.1) is 0 Å². The maximum absolute atomic E-state index is 8.40. The van der Waals surface area contributed by atoms with Crippen molar-refractivity contribution in [2.45, 2.75) is 6.42 Å². The molecule has 3 heteroatoms. The Bertz CT molecular complexity index is 397. The van der Waals surface area contributed by atoms with E-state index in [0.29, 0.717) is 0 Å². The molecule has 0 aliphatic carbocycles. The highest BCUT2D eigenvalue weighted by Gasteiger charge is 1.92. The molecule has 2 rings (SSSR count). The van der Waals surface area contributed by atoms with Gasteiger partial charge in [-0.1, -0.05) is 60.7 Å². The molecule has 0 heterocycles. The van der Waals surface area contributed by atoms with Crippen LogP contribution in [-0.4, -0.2) is 8.42 Å². The minimum Gasteiger partial charge on any atom is -0.235 e. The van der Waals surface area contributed by atoms with Gasteiger partial charge < -0.3 is 0 Å². The average molecular weight is 234 g/mol. The first-order valence-corrected chi connectivity index (χ1v) is 5.75. The fourth-order valence-corrected chi connectivity index (χ4v) is 1.43. The largest absolute Gasteiger partial charge is 0.235 e. The second-order valence-corrected chi connectivity index (χ2v) is 3.40. The minimum atomic E-state index is -1.42. The van der Waals surface area contributed by atoms with Gasteiger partial charge in [-0.3, -0.25) is 0 Å². The van der Waals surface area contributed by atoms with Gasteiger partial charge in [0.25, 0.3) is 0 Å². The molecule has 0 bridgehead atoms. The van der Waals surface area contributed by atoms with E-state index < -0.39 is 11.6 Å². The standard InChI is InChI=1S/C13H12.H2O2S/c1-3-7-12(8-4-1)11-13-9-5-2-6-10-13;1-3-2/h1-10H,11H2;3H2. The molecular weight excluding hydrogens is 220 g/mol. The fourth-order valence-electron chi connectivity index (χ4n) is 1.43. The summed E-state index contributed by atoms with van der Waals surface area (Å²) in [6.07, 6.45) is 1.03. The van der Waals surface area contributed by atoms with Crippen LogP contribution in [0.2, 0.25) is 0 Å². The molecule has 0 saturated heterocycles. The lowest BCUT2D eigenvalue weighted by Gasteiger charge is -2.00. The van der Waals surface area contributed by atoms with Gasteiger partial charge >= 0.3 is 0 Å². The van der Waals surface area contributed by atoms with Crippen LogP contribution in [0, 0.1) is 0 Å². The Kier molecular flexibility index (Phi) is 5.96. The second-order valence-electron chi connectivity index (χ2n) is 3.23. The Morgan fingerprint density at radius 3 is 1.31 bits per heavy atom. The van der Waals surface area contributed by atoms with E-state index in [2.05, 4.69) is 60.7 Å². The van der Waals surface area contributed by atoms with E-state index in [1.807, 2.05) is 0 Å². The summed E-state index contributed by atoms with van der Waals surface area (Å²) in [5.41, 5.74) is 2.74. The van der Waals surface area contributed by atoms with Crippen molar-refractivity contribution < 1.29 is 8.42 Å². The molecule has 84 valence electrons. The van der Waals surface area contributed by atoms with E-state index in [9.17, 15) is 0 Å². The Morgan fingerprint density at radius 1 is 0.688 bits per heavy atom. The maximum Gasteiger partial charge on any atom is 0.129 e. The predicted molar refractivity (Wildman–Crippen MR) is 67.4 cm³/mol. The summed E-state index contributed by atoms with van der Waals surface area (Å²) in [4.78, 5) is 0. The Balaban J connectivity index is 0.000000386. The third-order valence-electron chi connectivity index (χ3n) is 2.09. The lowest BCUT2D eigenvalue weighted by molar-refractivity contribution is 0.630. The van der Waals surface area contributed by atoms with Crippen LogP contribution in [0.4, 0.5) is 0 Å². The molecule has 0 spiro atoms. The first-order valence-electron chi connectivity index (χ1n) is 4.94. The van der Waals surface area contributed by atoms with Crippen LogP contribution >= 0.6 is 0 Å². The third-order valence-corrected chi connectivity index (χ3v) is 2.09. The van der Waals surface area contributed by atoms with Crippen molar-refractivity contribution in [1.82, 2.24) is 0 Å². The zero-order valence-corrected chi connectivity index (χ0v) is 9.80. The van der Waals surface area contributed by atoms with Gasteiger partial charge in [-0.2, -0.15) is 0 Å². The van der Waals surface area contributed by atoms with Crippen LogP contribution in [0.1, 0.15) is 11.1 Å². The lowest BCUT2D eigenvalue weighted by Crippen LogP contribution is -1.85. The Hall–Kier alpha value is -1.61. The summed E-state index contributed by atoms with van der Waals surface area (Å²) in [7, 11) is 0. The van der Waals surface area contributed by atoms with Gasteiger partial charge in [0.1, 0.15) is 11.6 Å². The van der Waals surface area contributed by atoms with Crippen LogP contribution in [0.5, 0.6) is 0 Å². The molecular formula is C13H14O2S. The van der Waals surface area contributed by atoms with Crippen LogP contribution < -0.4 is 0 Å². The van der Waals surface area contributed by atoms with Crippen molar-refractivity contribution in [2.75, 3.05) is 0 Å². The lowest BCUT2D eigenvalue weighted by atomic mass is 10.1. The minimum absolute atomic E-state index is 1.03. The Morgan fingerprint density at radius 2 is 1.00 bits per heavy atom. The smallest absolute Gasteiger partial charge is 0.129 e. The Labute approximate surface area is 98.5 Å². The molecule has 0 radical (unpaired) electrons. The quantitative estimate of drug-likeness (QED) is 0.797. The molecule has 0 aliphatic heterocycles. The molecule has 16 heavy (non-hydrogen) atoms. The SMILES string of the molecule is O=[SH2]=O.c1ccc(Cc2ccccc2)cc1. The highest BCUT2D eigenvalue weighted by atomic mass is 32.1. The van der Waals surface area contributed by atoms with Crippen molar-refractivity contribution in [1.29, 1.82) is 0 Å². The monoisotopic (exact) mass is 234 g/mol. The highest BCUT2D eigenvalue weighted by molar-refractivity contribution is 7.51. The van der Waals surface area contributed by atoms with Gasteiger partial charge in [0.2, 0.25) is 0 Å². The van der Waals surface area contributed by atoms with Crippen molar-refractivity contribution in [3.8, 4) is 0 Å². The molecule has 0 saturated carbocycles. The average Bonchev–Trinajstić information content (AvgIpc) is 2.33. The number of hydrogen-bond acceptors (Lipinski definition) is 2. The molecule has 0 N–H and O–H groups in total. The molecule has 0 unspecified atom stereocenters. The van der Waals surface area contributed by atoms with E-state index in [4.69, 9.17) is 8.42 Å². The first kappa shape index (κ1) is 12.5. The maximum atomic E-state index is 8.40. The summed E-state index contributed by atoms with van der Waals surface area (Å²) in [5.74, 6) is 0. The topological polar surface area (TPSA) is 34.1 Å². The summed E-state index contributed by atoms with van der Waals surface area (Å²) in [6.45, 7) is 0. The van der Waals surface area contributed by atoms with Crippen molar-refractivity contribution in [3.05, 3.63) is 71.8 Å². The van der Waals surface area contributed by atoms with Gasteiger partial charge in [0, 0.05) is 0 Å². The van der Waals surface area contributed by atoms with Crippen LogP contribution in [0.3, 0.4) is 0 Å². The zero-order chi connectivity index (χ0) is 11.6. The number of hydrogen-bond donors (Lipinski definition) is 0. The van der Waals surface area contributed by atoms with Crippen LogP contribution in [-0.2, 0) is 18.0 Å². The van der Waals surface area contributed by atoms with Gasteiger partial charge in [0.15, 0.2) is 0 Å². The normalized spacial score (nSPS) is 9.00. The molecule has 0 aliphatic rings. The molecule has 0 atom stereocenters. The van der Waals surface area contributed by atoms with Crippen molar-refractivity contribution in [2.24, 2.45) is 0 Å². The first-order chi connectivity index (χ1) is 7.86. The molecule has 2 aromatic rings. The summed E-state index contributed by atoms with van der Waals surface area (Å²) >= 11 is -1.42. The summed E-state index contributed by atoms with van der Waals surface area (Å²) in [5, 5.41) is 0.